The van der Waals surface area contributed by atoms with E-state index in [0.717, 1.165) is 5.56 Å². The van der Waals surface area contributed by atoms with Crippen LogP contribution in [-0.2, 0) is 6.42 Å². The summed E-state index contributed by atoms with van der Waals surface area (Å²) in [7, 11) is 0. The predicted molar refractivity (Wildman–Crippen MR) is 92.4 cm³/mol. The number of benzene rings is 1. The largest absolute Gasteiger partial charge is 0.350 e. The zero-order valence-corrected chi connectivity index (χ0v) is 14.3. The lowest BCUT2D eigenvalue weighted by molar-refractivity contribution is 0.0947. The van der Waals surface area contributed by atoms with Crippen LogP contribution >= 0.6 is 23.2 Å². The normalized spacial score (nSPS) is 11.0. The number of rotatable bonds is 4. The van der Waals surface area contributed by atoms with Crippen LogP contribution in [0.15, 0.2) is 36.5 Å². The van der Waals surface area contributed by atoms with Gasteiger partial charge in [-0.25, -0.2) is 9.37 Å². The first-order valence-electron chi connectivity index (χ1n) is 7.32. The van der Waals surface area contributed by atoms with Gasteiger partial charge in [-0.2, -0.15) is 0 Å². The molecule has 0 spiro atoms. The summed E-state index contributed by atoms with van der Waals surface area (Å²) in [5, 5.41) is 3.65. The Morgan fingerprint density at radius 3 is 2.71 bits per heavy atom. The fourth-order valence-corrected chi connectivity index (χ4v) is 3.03. The highest BCUT2D eigenvalue weighted by Crippen LogP contribution is 2.24. The van der Waals surface area contributed by atoms with Crippen LogP contribution in [0.25, 0.3) is 5.65 Å². The topological polar surface area (TPSA) is 46.4 Å². The van der Waals surface area contributed by atoms with Gasteiger partial charge in [-0.3, -0.25) is 9.20 Å². The minimum absolute atomic E-state index is 0.263. The molecule has 1 N–H and O–H groups in total. The van der Waals surface area contributed by atoms with Gasteiger partial charge < -0.3 is 5.32 Å². The first kappa shape index (κ1) is 16.7. The van der Waals surface area contributed by atoms with Crippen LogP contribution in [0, 0.1) is 12.7 Å². The Balaban J connectivity index is 1.76. The van der Waals surface area contributed by atoms with E-state index in [1.54, 1.807) is 35.7 Å². The lowest BCUT2D eigenvalue weighted by Crippen LogP contribution is -2.27. The Morgan fingerprint density at radius 1 is 1.29 bits per heavy atom. The summed E-state index contributed by atoms with van der Waals surface area (Å²) in [6, 6.07) is 7.77. The summed E-state index contributed by atoms with van der Waals surface area (Å²) in [6.07, 6.45) is 2.21. The number of nitrogens with zero attached hydrogens (tertiary/aromatic N) is 2. The van der Waals surface area contributed by atoms with Crippen LogP contribution in [0.5, 0.6) is 0 Å². The SMILES string of the molecule is Cc1nc2c(Cl)cc(Cl)cn2c1C(=O)NCCc1ccc(F)cc1. The molecule has 0 atom stereocenters. The maximum atomic E-state index is 12.9. The molecule has 3 aromatic rings. The van der Waals surface area contributed by atoms with E-state index in [1.807, 2.05) is 0 Å². The van der Waals surface area contributed by atoms with Gasteiger partial charge in [-0.1, -0.05) is 35.3 Å². The van der Waals surface area contributed by atoms with Gasteiger partial charge in [0.25, 0.3) is 5.91 Å². The van der Waals surface area contributed by atoms with Crippen molar-refractivity contribution >= 4 is 34.8 Å². The Hall–Kier alpha value is -2.11. The van der Waals surface area contributed by atoms with E-state index in [0.29, 0.717) is 40.0 Å². The van der Waals surface area contributed by atoms with Crippen molar-refractivity contribution in [3.8, 4) is 0 Å². The number of halogens is 3. The summed E-state index contributed by atoms with van der Waals surface area (Å²) >= 11 is 12.1. The number of nitrogens with one attached hydrogen (secondary N) is 1. The number of carbonyl (C=O) groups is 1. The maximum Gasteiger partial charge on any atom is 0.270 e. The first-order chi connectivity index (χ1) is 11.5. The molecule has 0 radical (unpaired) electrons. The number of hydrogen-bond acceptors (Lipinski definition) is 2. The number of aryl methyl sites for hydroxylation is 1. The lowest BCUT2D eigenvalue weighted by Gasteiger charge is -2.07. The third kappa shape index (κ3) is 3.37. The molecule has 0 aliphatic carbocycles. The second-order valence-electron chi connectivity index (χ2n) is 5.38. The average Bonchev–Trinajstić information content (AvgIpc) is 2.85. The molecule has 0 saturated carbocycles. The fourth-order valence-electron chi connectivity index (χ4n) is 2.52. The summed E-state index contributed by atoms with van der Waals surface area (Å²) in [6.45, 7) is 2.16. The third-order valence-electron chi connectivity index (χ3n) is 3.64. The highest BCUT2D eigenvalue weighted by atomic mass is 35.5. The second kappa shape index (κ2) is 6.79. The Kier molecular flexibility index (Phi) is 4.73. The number of aromatic nitrogens is 2. The van der Waals surface area contributed by atoms with Gasteiger partial charge in [0.05, 0.1) is 15.7 Å². The molecule has 0 unspecified atom stereocenters. The molecule has 124 valence electrons. The third-order valence-corrected chi connectivity index (χ3v) is 4.13. The number of fused-ring (bicyclic) bond motifs is 1. The molecular formula is C17H14Cl2FN3O. The second-order valence-corrected chi connectivity index (χ2v) is 6.22. The van der Waals surface area contributed by atoms with E-state index in [-0.39, 0.29) is 11.7 Å². The van der Waals surface area contributed by atoms with Gasteiger partial charge >= 0.3 is 0 Å². The molecule has 1 amide bonds. The predicted octanol–water partition coefficient (Wildman–Crippen LogP) is 4.06. The molecule has 0 saturated heterocycles. The van der Waals surface area contributed by atoms with E-state index in [1.165, 1.54) is 12.1 Å². The number of imidazole rings is 1. The van der Waals surface area contributed by atoms with Crippen molar-refractivity contribution in [3.05, 3.63) is 69.3 Å². The number of amides is 1. The molecule has 7 heteroatoms. The van der Waals surface area contributed by atoms with Gasteiger partial charge in [0.2, 0.25) is 0 Å². The molecule has 0 bridgehead atoms. The van der Waals surface area contributed by atoms with Crippen molar-refractivity contribution < 1.29 is 9.18 Å². The van der Waals surface area contributed by atoms with Crippen molar-refractivity contribution in [2.45, 2.75) is 13.3 Å². The minimum atomic E-state index is -0.280. The zero-order chi connectivity index (χ0) is 17.3. The molecule has 2 aromatic heterocycles. The number of carbonyl (C=O) groups excluding carboxylic acids is 1. The van der Waals surface area contributed by atoms with Crippen molar-refractivity contribution in [2.75, 3.05) is 6.54 Å². The maximum absolute atomic E-state index is 12.9. The molecule has 3 rings (SSSR count). The molecule has 2 heterocycles. The van der Waals surface area contributed by atoms with Gasteiger partial charge in [-0.05, 0) is 37.1 Å². The van der Waals surface area contributed by atoms with Crippen LogP contribution < -0.4 is 5.32 Å². The Labute approximate surface area is 148 Å². The molecule has 0 aliphatic heterocycles. The molecular weight excluding hydrogens is 352 g/mol. The van der Waals surface area contributed by atoms with Crippen LogP contribution in [-0.4, -0.2) is 21.8 Å². The minimum Gasteiger partial charge on any atom is -0.350 e. The molecule has 24 heavy (non-hydrogen) atoms. The van der Waals surface area contributed by atoms with Crippen molar-refractivity contribution in [1.29, 1.82) is 0 Å². The quantitative estimate of drug-likeness (QED) is 0.757. The summed E-state index contributed by atoms with van der Waals surface area (Å²) in [5.74, 6) is -0.543. The molecule has 4 nitrogen and oxygen atoms in total. The zero-order valence-electron chi connectivity index (χ0n) is 12.8. The van der Waals surface area contributed by atoms with Gasteiger partial charge in [0, 0.05) is 12.7 Å². The van der Waals surface area contributed by atoms with Crippen LogP contribution in [0.1, 0.15) is 21.7 Å². The Morgan fingerprint density at radius 2 is 2.00 bits per heavy atom. The molecule has 0 aliphatic rings. The fraction of sp³-hybridized carbons (Fsp3) is 0.176. The van der Waals surface area contributed by atoms with E-state index >= 15 is 0 Å². The van der Waals surface area contributed by atoms with Crippen LogP contribution in [0.3, 0.4) is 0 Å². The highest BCUT2D eigenvalue weighted by Gasteiger charge is 2.18. The standard InChI is InChI=1S/C17H14Cl2FN3O/c1-10-15(23-9-12(18)8-14(19)16(23)22-10)17(24)21-7-6-11-2-4-13(20)5-3-11/h2-5,8-9H,6-7H2,1H3,(H,21,24). The molecule has 0 fully saturated rings. The smallest absolute Gasteiger partial charge is 0.270 e. The lowest BCUT2D eigenvalue weighted by atomic mass is 10.1. The first-order valence-corrected chi connectivity index (χ1v) is 8.07. The van der Waals surface area contributed by atoms with Crippen molar-refractivity contribution in [1.82, 2.24) is 14.7 Å². The van der Waals surface area contributed by atoms with Crippen LogP contribution in [0.2, 0.25) is 10.0 Å². The summed E-state index contributed by atoms with van der Waals surface area (Å²) < 4.78 is 14.5. The number of pyridine rings is 1. The van der Waals surface area contributed by atoms with E-state index in [2.05, 4.69) is 10.3 Å². The van der Waals surface area contributed by atoms with E-state index in [4.69, 9.17) is 23.2 Å². The summed E-state index contributed by atoms with van der Waals surface area (Å²) in [5.41, 5.74) is 2.40. The van der Waals surface area contributed by atoms with E-state index < -0.39 is 0 Å². The van der Waals surface area contributed by atoms with Gasteiger partial charge in [0.1, 0.15) is 11.5 Å². The monoisotopic (exact) mass is 365 g/mol. The summed E-state index contributed by atoms with van der Waals surface area (Å²) in [4.78, 5) is 16.8. The Bertz CT molecular complexity index is 906. The van der Waals surface area contributed by atoms with Crippen LogP contribution in [0.4, 0.5) is 4.39 Å². The van der Waals surface area contributed by atoms with Gasteiger partial charge in [0.15, 0.2) is 5.65 Å². The highest BCUT2D eigenvalue weighted by molar-refractivity contribution is 6.36. The van der Waals surface area contributed by atoms with Gasteiger partial charge in [-0.15, -0.1) is 0 Å². The molecule has 1 aromatic carbocycles. The van der Waals surface area contributed by atoms with E-state index in [9.17, 15) is 9.18 Å². The van der Waals surface area contributed by atoms with Crippen molar-refractivity contribution in [2.24, 2.45) is 0 Å². The number of hydrogen-bond donors (Lipinski definition) is 1. The average molecular weight is 366 g/mol. The van der Waals surface area contributed by atoms with Crippen molar-refractivity contribution in [3.63, 3.8) is 0 Å².